The molecule has 1 rings (SSSR count). The van der Waals surface area contributed by atoms with E-state index in [9.17, 15) is 9.90 Å². The minimum absolute atomic E-state index is 0. The zero-order valence-electron chi connectivity index (χ0n) is 14.3. The first-order valence-electron chi connectivity index (χ1n) is 7.68. The Labute approximate surface area is 160 Å². The quantitative estimate of drug-likeness (QED) is 0.208. The average Bonchev–Trinajstić information content (AvgIpc) is 2.52. The number of aliphatic imine (C=N–C) groups is 1. The smallest absolute Gasteiger partial charge is 0.255 e. The molecule has 8 heteroatoms. The molecule has 136 valence electrons. The van der Waals surface area contributed by atoms with Crippen LogP contribution >= 0.6 is 24.0 Å². The first kappa shape index (κ1) is 22.4. The van der Waals surface area contributed by atoms with Gasteiger partial charge in [0.2, 0.25) is 0 Å². The fraction of sp³-hybridized carbons (Fsp3) is 0.500. The Morgan fingerprint density at radius 1 is 1.33 bits per heavy atom. The van der Waals surface area contributed by atoms with Crippen LogP contribution in [0.2, 0.25) is 0 Å². The molecule has 1 atom stereocenters. The Balaban J connectivity index is 0.00000529. The number of benzene rings is 1. The lowest BCUT2D eigenvalue weighted by Gasteiger charge is -2.17. The molecule has 7 nitrogen and oxygen atoms in total. The Bertz CT molecular complexity index is 526. The van der Waals surface area contributed by atoms with E-state index < -0.39 is 0 Å². The lowest BCUT2D eigenvalue weighted by Crippen LogP contribution is -2.44. The number of rotatable bonds is 8. The number of amides is 1. The Morgan fingerprint density at radius 3 is 2.67 bits per heavy atom. The van der Waals surface area contributed by atoms with Gasteiger partial charge in [-0.1, -0.05) is 12.1 Å². The lowest BCUT2D eigenvalue weighted by atomic mass is 10.2. The van der Waals surface area contributed by atoms with E-state index in [2.05, 4.69) is 20.9 Å². The van der Waals surface area contributed by atoms with Gasteiger partial charge in [-0.05, 0) is 26.0 Å². The number of phenolic OH excluding ortho intramolecular Hbond substituents is 1. The number of nitrogens with zero attached hydrogens (tertiary/aromatic N) is 1. The number of nitrogens with one attached hydrogen (secondary N) is 3. The Hall–Kier alpha value is -1.55. The summed E-state index contributed by atoms with van der Waals surface area (Å²) < 4.78 is 5.07. The summed E-state index contributed by atoms with van der Waals surface area (Å²) in [6.45, 7) is 6.11. The van der Waals surface area contributed by atoms with Crippen molar-refractivity contribution in [3.05, 3.63) is 29.8 Å². The number of para-hydroxylation sites is 1. The summed E-state index contributed by atoms with van der Waals surface area (Å²) in [5, 5.41) is 18.7. The van der Waals surface area contributed by atoms with Crippen molar-refractivity contribution in [1.82, 2.24) is 16.0 Å². The maximum absolute atomic E-state index is 11.9. The van der Waals surface area contributed by atoms with Gasteiger partial charge in [-0.25, -0.2) is 0 Å². The van der Waals surface area contributed by atoms with Crippen molar-refractivity contribution >= 4 is 35.8 Å². The highest BCUT2D eigenvalue weighted by Crippen LogP contribution is 2.14. The topological polar surface area (TPSA) is 95.0 Å². The number of carbonyl (C=O) groups is 1. The fourth-order valence-corrected chi connectivity index (χ4v) is 1.94. The monoisotopic (exact) mass is 450 g/mol. The first-order valence-corrected chi connectivity index (χ1v) is 7.68. The molecule has 4 N–H and O–H groups in total. The maximum Gasteiger partial charge on any atom is 0.255 e. The van der Waals surface area contributed by atoms with Crippen LogP contribution in [0.4, 0.5) is 0 Å². The molecule has 1 unspecified atom stereocenters. The van der Waals surface area contributed by atoms with Crippen LogP contribution in [-0.2, 0) is 4.74 Å². The molecule has 0 saturated heterocycles. The SMILES string of the molecule is CCNC(=NCCNC(=O)c1ccccc1O)NC(C)COC.I. The van der Waals surface area contributed by atoms with Crippen molar-refractivity contribution in [3.63, 3.8) is 0 Å². The van der Waals surface area contributed by atoms with E-state index in [4.69, 9.17) is 4.74 Å². The van der Waals surface area contributed by atoms with Gasteiger partial charge in [0.1, 0.15) is 5.75 Å². The highest BCUT2D eigenvalue weighted by molar-refractivity contribution is 14.0. The Kier molecular flexibility index (Phi) is 12.0. The molecule has 0 aliphatic rings. The standard InChI is InChI=1S/C16H26N4O3.HI/c1-4-17-16(20-12(2)11-23-3)19-10-9-18-15(22)13-7-5-6-8-14(13)21;/h5-8,12,21H,4,9-11H2,1-3H3,(H,18,22)(H2,17,19,20);1H. The molecule has 0 saturated carbocycles. The normalized spacial score (nSPS) is 12.0. The van der Waals surface area contributed by atoms with E-state index in [1.54, 1.807) is 25.3 Å². The summed E-state index contributed by atoms with van der Waals surface area (Å²) in [6.07, 6.45) is 0. The van der Waals surface area contributed by atoms with Gasteiger partial charge in [0, 0.05) is 26.2 Å². The molecule has 1 amide bonds. The predicted molar refractivity (Wildman–Crippen MR) is 106 cm³/mol. The summed E-state index contributed by atoms with van der Waals surface area (Å²) in [5.74, 6) is 0.328. The van der Waals surface area contributed by atoms with Crippen LogP contribution in [-0.4, -0.2) is 56.4 Å². The second-order valence-corrected chi connectivity index (χ2v) is 5.03. The van der Waals surface area contributed by atoms with Crippen LogP contribution in [0.1, 0.15) is 24.2 Å². The van der Waals surface area contributed by atoms with Gasteiger partial charge in [-0.2, -0.15) is 0 Å². The number of ether oxygens (including phenoxy) is 1. The van der Waals surface area contributed by atoms with Gasteiger partial charge < -0.3 is 25.8 Å². The first-order chi connectivity index (χ1) is 11.1. The summed E-state index contributed by atoms with van der Waals surface area (Å²) >= 11 is 0. The molecule has 0 aromatic heterocycles. The fourth-order valence-electron chi connectivity index (χ4n) is 1.94. The molecule has 0 aliphatic heterocycles. The van der Waals surface area contributed by atoms with Gasteiger partial charge in [0.05, 0.1) is 18.7 Å². The average molecular weight is 450 g/mol. The molecule has 1 aromatic carbocycles. The highest BCUT2D eigenvalue weighted by atomic mass is 127. The highest BCUT2D eigenvalue weighted by Gasteiger charge is 2.09. The van der Waals surface area contributed by atoms with E-state index >= 15 is 0 Å². The van der Waals surface area contributed by atoms with Crippen LogP contribution in [0.3, 0.4) is 0 Å². The van der Waals surface area contributed by atoms with Crippen molar-refractivity contribution in [3.8, 4) is 5.75 Å². The Morgan fingerprint density at radius 2 is 2.04 bits per heavy atom. The number of phenols is 1. The van der Waals surface area contributed by atoms with Gasteiger partial charge in [0.15, 0.2) is 5.96 Å². The summed E-state index contributed by atoms with van der Waals surface area (Å²) in [6, 6.07) is 6.57. The second-order valence-electron chi connectivity index (χ2n) is 5.03. The second kappa shape index (κ2) is 12.8. The van der Waals surface area contributed by atoms with Crippen molar-refractivity contribution < 1.29 is 14.6 Å². The molecular weight excluding hydrogens is 423 g/mol. The van der Waals surface area contributed by atoms with Crippen LogP contribution in [0.25, 0.3) is 0 Å². The number of aromatic hydroxyl groups is 1. The van der Waals surface area contributed by atoms with Gasteiger partial charge in [-0.3, -0.25) is 9.79 Å². The molecule has 0 radical (unpaired) electrons. The largest absolute Gasteiger partial charge is 0.507 e. The number of hydrogen-bond acceptors (Lipinski definition) is 4. The molecule has 0 bridgehead atoms. The van der Waals surface area contributed by atoms with E-state index in [0.29, 0.717) is 25.7 Å². The van der Waals surface area contributed by atoms with Crippen LogP contribution in [0.5, 0.6) is 5.75 Å². The van der Waals surface area contributed by atoms with Gasteiger partial charge >= 0.3 is 0 Å². The van der Waals surface area contributed by atoms with Gasteiger partial charge in [-0.15, -0.1) is 24.0 Å². The van der Waals surface area contributed by atoms with Crippen molar-refractivity contribution in [2.75, 3.05) is 33.4 Å². The number of hydrogen-bond donors (Lipinski definition) is 4. The number of halogens is 1. The van der Waals surface area contributed by atoms with Crippen LogP contribution in [0, 0.1) is 0 Å². The summed E-state index contributed by atoms with van der Waals surface area (Å²) in [4.78, 5) is 16.3. The zero-order valence-corrected chi connectivity index (χ0v) is 16.7. The summed E-state index contributed by atoms with van der Waals surface area (Å²) in [7, 11) is 1.65. The number of carbonyl (C=O) groups excluding carboxylic acids is 1. The number of methoxy groups -OCH3 is 1. The predicted octanol–water partition coefficient (Wildman–Crippen LogP) is 1.33. The van der Waals surface area contributed by atoms with E-state index in [1.807, 2.05) is 13.8 Å². The van der Waals surface area contributed by atoms with E-state index in [-0.39, 0.29) is 47.2 Å². The van der Waals surface area contributed by atoms with Crippen molar-refractivity contribution in [2.45, 2.75) is 19.9 Å². The van der Waals surface area contributed by atoms with Gasteiger partial charge in [0.25, 0.3) is 5.91 Å². The van der Waals surface area contributed by atoms with Crippen LogP contribution < -0.4 is 16.0 Å². The minimum atomic E-state index is -0.316. The van der Waals surface area contributed by atoms with E-state index in [0.717, 1.165) is 6.54 Å². The van der Waals surface area contributed by atoms with Crippen molar-refractivity contribution in [2.24, 2.45) is 4.99 Å². The van der Waals surface area contributed by atoms with Crippen molar-refractivity contribution in [1.29, 1.82) is 0 Å². The zero-order chi connectivity index (χ0) is 17.1. The molecule has 1 aromatic rings. The maximum atomic E-state index is 11.9. The molecule has 0 fully saturated rings. The van der Waals surface area contributed by atoms with Crippen LogP contribution in [0.15, 0.2) is 29.3 Å². The molecule has 0 aliphatic carbocycles. The summed E-state index contributed by atoms with van der Waals surface area (Å²) in [5.41, 5.74) is 0.259. The molecule has 0 heterocycles. The third-order valence-electron chi connectivity index (χ3n) is 2.96. The molecule has 0 spiro atoms. The minimum Gasteiger partial charge on any atom is -0.507 e. The number of guanidine groups is 1. The molecule has 24 heavy (non-hydrogen) atoms. The van der Waals surface area contributed by atoms with E-state index in [1.165, 1.54) is 6.07 Å². The third kappa shape index (κ3) is 8.34. The molecular formula is C16H27IN4O3. The third-order valence-corrected chi connectivity index (χ3v) is 2.96. The lowest BCUT2D eigenvalue weighted by molar-refractivity contribution is 0.0952.